The number of carbonyl (C=O) groups is 1. The van der Waals surface area contributed by atoms with Crippen molar-refractivity contribution in [2.24, 2.45) is 0 Å². The van der Waals surface area contributed by atoms with E-state index in [1.54, 1.807) is 26.2 Å². The van der Waals surface area contributed by atoms with Crippen LogP contribution in [0.4, 0.5) is 11.4 Å². The molecule has 0 bridgehead atoms. The maximum absolute atomic E-state index is 11.9. The van der Waals surface area contributed by atoms with Crippen LogP contribution < -0.4 is 10.6 Å². The monoisotopic (exact) mass is 294 g/mol. The molecule has 0 heterocycles. The van der Waals surface area contributed by atoms with E-state index < -0.39 is 0 Å². The van der Waals surface area contributed by atoms with Crippen LogP contribution >= 0.6 is 0 Å². The van der Waals surface area contributed by atoms with Crippen LogP contribution in [-0.4, -0.2) is 38.9 Å². The Kier molecular flexibility index (Phi) is 7.02. The molecule has 1 rings (SSSR count). The van der Waals surface area contributed by atoms with Gasteiger partial charge in [0, 0.05) is 31.1 Å². The first-order chi connectivity index (χ1) is 10.0. The van der Waals surface area contributed by atoms with Crippen molar-refractivity contribution in [3.63, 3.8) is 0 Å². The molecule has 0 radical (unpaired) electrons. The van der Waals surface area contributed by atoms with Crippen LogP contribution in [0.5, 0.6) is 0 Å². The van der Waals surface area contributed by atoms with E-state index in [2.05, 4.69) is 18.7 Å². The van der Waals surface area contributed by atoms with Gasteiger partial charge in [-0.2, -0.15) is 0 Å². The van der Waals surface area contributed by atoms with Crippen molar-refractivity contribution in [2.45, 2.75) is 33.2 Å². The summed E-state index contributed by atoms with van der Waals surface area (Å²) >= 11 is 0. The average molecular weight is 294 g/mol. The van der Waals surface area contributed by atoms with Gasteiger partial charge in [0.25, 0.3) is 0 Å². The molecular formula is C16H26N2O3. The zero-order valence-electron chi connectivity index (χ0n) is 13.4. The number of esters is 1. The molecule has 1 unspecified atom stereocenters. The Bertz CT molecular complexity index is 463. The summed E-state index contributed by atoms with van der Waals surface area (Å²) in [5, 5.41) is 0. The fourth-order valence-electron chi connectivity index (χ4n) is 2.12. The largest absolute Gasteiger partial charge is 0.462 e. The minimum absolute atomic E-state index is 0.335. The first-order valence-electron chi connectivity index (χ1n) is 7.37. The molecule has 0 saturated heterocycles. The molecule has 0 aromatic heterocycles. The van der Waals surface area contributed by atoms with Crippen LogP contribution in [0.1, 0.15) is 37.6 Å². The Morgan fingerprint density at radius 2 is 2.10 bits per heavy atom. The first-order valence-corrected chi connectivity index (χ1v) is 7.37. The van der Waals surface area contributed by atoms with Crippen LogP contribution in [0.2, 0.25) is 0 Å². The SMILES string of the molecule is CCOC(=O)c1cc(N(CCOC)C(C)CC)ccc1N. The fourth-order valence-corrected chi connectivity index (χ4v) is 2.12. The van der Waals surface area contributed by atoms with E-state index in [4.69, 9.17) is 15.2 Å². The van der Waals surface area contributed by atoms with E-state index in [9.17, 15) is 4.79 Å². The molecule has 5 heteroatoms. The Morgan fingerprint density at radius 1 is 1.38 bits per heavy atom. The number of nitrogens with zero attached hydrogens (tertiary/aromatic N) is 1. The van der Waals surface area contributed by atoms with Gasteiger partial charge >= 0.3 is 5.97 Å². The molecule has 118 valence electrons. The van der Waals surface area contributed by atoms with Gasteiger partial charge in [0.05, 0.1) is 18.8 Å². The quantitative estimate of drug-likeness (QED) is 0.590. The molecular weight excluding hydrogens is 268 g/mol. The van der Waals surface area contributed by atoms with Crippen molar-refractivity contribution in [1.82, 2.24) is 0 Å². The van der Waals surface area contributed by atoms with Gasteiger partial charge in [0.15, 0.2) is 0 Å². The van der Waals surface area contributed by atoms with E-state index in [0.717, 1.165) is 18.7 Å². The van der Waals surface area contributed by atoms with E-state index in [0.29, 0.717) is 30.5 Å². The van der Waals surface area contributed by atoms with Crippen LogP contribution in [0.15, 0.2) is 18.2 Å². The van der Waals surface area contributed by atoms with Crippen LogP contribution in [0.3, 0.4) is 0 Å². The second-order valence-electron chi connectivity index (χ2n) is 4.94. The smallest absolute Gasteiger partial charge is 0.340 e. The second-order valence-corrected chi connectivity index (χ2v) is 4.94. The summed E-state index contributed by atoms with van der Waals surface area (Å²) in [7, 11) is 1.68. The molecule has 0 aliphatic carbocycles. The van der Waals surface area contributed by atoms with Crippen molar-refractivity contribution < 1.29 is 14.3 Å². The van der Waals surface area contributed by atoms with Crippen molar-refractivity contribution >= 4 is 17.3 Å². The summed E-state index contributed by atoms with van der Waals surface area (Å²) < 4.78 is 10.2. The van der Waals surface area contributed by atoms with Gasteiger partial charge in [-0.3, -0.25) is 0 Å². The molecule has 0 aliphatic heterocycles. The lowest BCUT2D eigenvalue weighted by atomic mass is 10.1. The Balaban J connectivity index is 3.08. The molecule has 1 aromatic carbocycles. The fraction of sp³-hybridized carbons (Fsp3) is 0.562. The molecule has 0 aliphatic rings. The second kappa shape index (κ2) is 8.52. The summed E-state index contributed by atoms with van der Waals surface area (Å²) in [4.78, 5) is 14.2. The van der Waals surface area contributed by atoms with Gasteiger partial charge in [0.1, 0.15) is 0 Å². The molecule has 1 aromatic rings. The summed E-state index contributed by atoms with van der Waals surface area (Å²) in [6.45, 7) is 7.79. The number of ether oxygens (including phenoxy) is 2. The number of hydrogen-bond acceptors (Lipinski definition) is 5. The Morgan fingerprint density at radius 3 is 2.67 bits per heavy atom. The standard InChI is InChI=1S/C16H26N2O3/c1-5-12(3)18(9-10-20-4)13-7-8-15(17)14(11-13)16(19)21-6-2/h7-8,11-12H,5-6,9-10,17H2,1-4H3. The normalized spacial score (nSPS) is 12.0. The predicted octanol–water partition coefficient (Wildman–Crippen LogP) is 2.70. The number of methoxy groups -OCH3 is 1. The summed E-state index contributed by atoms with van der Waals surface area (Å²) in [5.41, 5.74) is 7.70. The number of hydrogen-bond donors (Lipinski definition) is 1. The Labute approximate surface area is 127 Å². The van der Waals surface area contributed by atoms with Gasteiger partial charge < -0.3 is 20.1 Å². The minimum atomic E-state index is -0.382. The maximum atomic E-state index is 11.9. The molecule has 0 saturated carbocycles. The molecule has 2 N–H and O–H groups in total. The van der Waals surface area contributed by atoms with E-state index >= 15 is 0 Å². The van der Waals surface area contributed by atoms with Crippen molar-refractivity contribution in [2.75, 3.05) is 37.5 Å². The number of nitrogens with two attached hydrogens (primary N) is 1. The summed E-state index contributed by atoms with van der Waals surface area (Å²) in [6.07, 6.45) is 1.00. The highest BCUT2D eigenvalue weighted by atomic mass is 16.5. The topological polar surface area (TPSA) is 64.8 Å². The highest BCUT2D eigenvalue weighted by Crippen LogP contribution is 2.24. The van der Waals surface area contributed by atoms with Crippen molar-refractivity contribution in [3.8, 4) is 0 Å². The molecule has 21 heavy (non-hydrogen) atoms. The van der Waals surface area contributed by atoms with E-state index in [1.807, 2.05) is 6.07 Å². The first kappa shape index (κ1) is 17.3. The van der Waals surface area contributed by atoms with E-state index in [-0.39, 0.29) is 5.97 Å². The Hall–Kier alpha value is -1.75. The molecule has 0 spiro atoms. The van der Waals surface area contributed by atoms with Crippen LogP contribution in [0.25, 0.3) is 0 Å². The third kappa shape index (κ3) is 4.63. The highest BCUT2D eigenvalue weighted by Gasteiger charge is 2.17. The zero-order chi connectivity index (χ0) is 15.8. The number of benzene rings is 1. The minimum Gasteiger partial charge on any atom is -0.462 e. The molecule has 0 fully saturated rings. The predicted molar refractivity (Wildman–Crippen MR) is 85.8 cm³/mol. The highest BCUT2D eigenvalue weighted by molar-refractivity contribution is 5.96. The van der Waals surface area contributed by atoms with Gasteiger partial charge in [-0.05, 0) is 38.5 Å². The number of carbonyl (C=O) groups excluding carboxylic acids is 1. The van der Waals surface area contributed by atoms with Gasteiger partial charge in [-0.25, -0.2) is 4.79 Å². The third-order valence-corrected chi connectivity index (χ3v) is 3.52. The van der Waals surface area contributed by atoms with Gasteiger partial charge in [-0.1, -0.05) is 6.92 Å². The third-order valence-electron chi connectivity index (χ3n) is 3.52. The van der Waals surface area contributed by atoms with Gasteiger partial charge in [-0.15, -0.1) is 0 Å². The van der Waals surface area contributed by atoms with E-state index in [1.165, 1.54) is 0 Å². The van der Waals surface area contributed by atoms with Crippen molar-refractivity contribution in [3.05, 3.63) is 23.8 Å². The molecule has 0 amide bonds. The lowest BCUT2D eigenvalue weighted by molar-refractivity contribution is 0.0527. The average Bonchev–Trinajstić information content (AvgIpc) is 2.48. The number of rotatable bonds is 8. The maximum Gasteiger partial charge on any atom is 0.340 e. The number of anilines is 2. The molecule has 1 atom stereocenters. The van der Waals surface area contributed by atoms with Crippen molar-refractivity contribution in [1.29, 1.82) is 0 Å². The van der Waals surface area contributed by atoms with Crippen LogP contribution in [-0.2, 0) is 9.47 Å². The summed E-state index contributed by atoms with van der Waals surface area (Å²) in [5.74, 6) is -0.382. The lowest BCUT2D eigenvalue weighted by Crippen LogP contribution is -2.35. The summed E-state index contributed by atoms with van der Waals surface area (Å²) in [6, 6.07) is 5.83. The van der Waals surface area contributed by atoms with Gasteiger partial charge in [0.2, 0.25) is 0 Å². The zero-order valence-corrected chi connectivity index (χ0v) is 13.4. The lowest BCUT2D eigenvalue weighted by Gasteiger charge is -2.31. The number of nitrogen functional groups attached to an aromatic ring is 1. The van der Waals surface area contributed by atoms with Crippen LogP contribution in [0, 0.1) is 0 Å². The molecule has 5 nitrogen and oxygen atoms in total.